The van der Waals surface area contributed by atoms with Crippen molar-refractivity contribution in [3.05, 3.63) is 30.3 Å². The van der Waals surface area contributed by atoms with Gasteiger partial charge in [0.1, 0.15) is 23.6 Å². The molecule has 0 bridgehead atoms. The van der Waals surface area contributed by atoms with Crippen molar-refractivity contribution in [2.45, 2.75) is 38.9 Å². The van der Waals surface area contributed by atoms with Crippen LogP contribution in [0.3, 0.4) is 0 Å². The van der Waals surface area contributed by atoms with Gasteiger partial charge >= 0.3 is 5.97 Å². The van der Waals surface area contributed by atoms with Gasteiger partial charge in [-0.2, -0.15) is 0 Å². The second kappa shape index (κ2) is 5.13. The van der Waals surface area contributed by atoms with E-state index in [1.807, 2.05) is 30.3 Å². The standard InChI is InChI=1S/C15H20N3O3/c1-14(2)13(16-15(3,4)18(14)21)17(10-12(19)20)11-8-6-5-7-9-11/h5-9H,10H2,1-4H3,(H,19,20). The SMILES string of the molecule is CC1(C)N=C(N(CC(=O)O)c2ccccc2)C(C)(C)N1[O]. The van der Waals surface area contributed by atoms with E-state index in [0.717, 1.165) is 5.06 Å². The number of benzene rings is 1. The fourth-order valence-electron chi connectivity index (χ4n) is 2.64. The van der Waals surface area contributed by atoms with Crippen LogP contribution < -0.4 is 4.90 Å². The number of aliphatic imine (C=N–C) groups is 1. The fraction of sp³-hybridized carbons (Fsp3) is 0.467. The minimum atomic E-state index is -0.973. The lowest BCUT2D eigenvalue weighted by atomic mass is 10.0. The molecule has 1 aliphatic rings. The van der Waals surface area contributed by atoms with Gasteiger partial charge in [0.25, 0.3) is 0 Å². The van der Waals surface area contributed by atoms with Crippen LogP contribution in [0.15, 0.2) is 35.3 Å². The first-order chi connectivity index (χ1) is 9.66. The minimum Gasteiger partial charge on any atom is -0.480 e. The maximum atomic E-state index is 12.4. The summed E-state index contributed by atoms with van der Waals surface area (Å²) >= 11 is 0. The van der Waals surface area contributed by atoms with E-state index in [1.165, 1.54) is 0 Å². The highest BCUT2D eigenvalue weighted by atomic mass is 16.5. The summed E-state index contributed by atoms with van der Waals surface area (Å²) in [5.74, 6) is -0.504. The van der Waals surface area contributed by atoms with Gasteiger partial charge in [0.05, 0.1) is 0 Å². The maximum absolute atomic E-state index is 12.4. The zero-order chi connectivity index (χ0) is 15.8. The Bertz CT molecular complexity index is 567. The third-order valence-corrected chi connectivity index (χ3v) is 3.55. The van der Waals surface area contributed by atoms with Crippen molar-refractivity contribution < 1.29 is 15.1 Å². The van der Waals surface area contributed by atoms with E-state index in [1.54, 1.807) is 32.6 Å². The van der Waals surface area contributed by atoms with Crippen LogP contribution in [0.4, 0.5) is 5.69 Å². The Kier molecular flexibility index (Phi) is 3.78. The highest BCUT2D eigenvalue weighted by molar-refractivity contribution is 6.07. The Morgan fingerprint density at radius 1 is 1.24 bits per heavy atom. The van der Waals surface area contributed by atoms with Gasteiger partial charge in [-0.1, -0.05) is 18.2 Å². The molecule has 1 heterocycles. The largest absolute Gasteiger partial charge is 0.480 e. The zero-order valence-corrected chi connectivity index (χ0v) is 12.7. The number of hydroxylamine groups is 2. The summed E-state index contributed by atoms with van der Waals surface area (Å²) in [5, 5.41) is 22.5. The van der Waals surface area contributed by atoms with Crippen LogP contribution in [0, 0.1) is 0 Å². The van der Waals surface area contributed by atoms with Crippen molar-refractivity contribution in [1.82, 2.24) is 5.06 Å². The average molecular weight is 290 g/mol. The second-order valence-corrected chi connectivity index (χ2v) is 6.10. The van der Waals surface area contributed by atoms with E-state index in [2.05, 4.69) is 4.99 Å². The molecule has 113 valence electrons. The van der Waals surface area contributed by atoms with Crippen LogP contribution >= 0.6 is 0 Å². The molecule has 6 heteroatoms. The number of anilines is 1. The molecule has 2 rings (SSSR count). The summed E-state index contributed by atoms with van der Waals surface area (Å²) < 4.78 is 0. The molecule has 1 aliphatic heterocycles. The topological polar surface area (TPSA) is 76.0 Å². The minimum absolute atomic E-state index is 0.240. The summed E-state index contributed by atoms with van der Waals surface area (Å²) in [4.78, 5) is 17.3. The number of carbonyl (C=O) groups is 1. The Morgan fingerprint density at radius 3 is 2.24 bits per heavy atom. The predicted molar refractivity (Wildman–Crippen MR) is 79.5 cm³/mol. The number of hydrogen-bond acceptors (Lipinski definition) is 4. The van der Waals surface area contributed by atoms with Crippen molar-refractivity contribution in [2.75, 3.05) is 11.4 Å². The number of hydrogen-bond donors (Lipinski definition) is 1. The van der Waals surface area contributed by atoms with Crippen LogP contribution in [-0.4, -0.2) is 39.7 Å². The van der Waals surface area contributed by atoms with Gasteiger partial charge in [0.2, 0.25) is 0 Å². The number of carboxylic acid groups (broad SMARTS) is 1. The molecule has 0 atom stereocenters. The third-order valence-electron chi connectivity index (χ3n) is 3.55. The quantitative estimate of drug-likeness (QED) is 0.925. The van der Waals surface area contributed by atoms with E-state index in [9.17, 15) is 15.1 Å². The van der Waals surface area contributed by atoms with E-state index in [0.29, 0.717) is 11.5 Å². The lowest BCUT2D eigenvalue weighted by Gasteiger charge is -2.34. The van der Waals surface area contributed by atoms with Crippen molar-refractivity contribution in [2.24, 2.45) is 4.99 Å². The molecule has 0 aromatic heterocycles. The molecule has 0 amide bonds. The zero-order valence-electron chi connectivity index (χ0n) is 12.7. The first kappa shape index (κ1) is 15.5. The number of para-hydroxylation sites is 1. The molecule has 0 saturated heterocycles. The van der Waals surface area contributed by atoms with E-state index < -0.39 is 17.2 Å². The van der Waals surface area contributed by atoms with E-state index in [4.69, 9.17) is 0 Å². The van der Waals surface area contributed by atoms with Gasteiger partial charge in [0, 0.05) is 5.69 Å². The number of aliphatic carboxylic acids is 1. The molecule has 1 aromatic rings. The molecule has 1 N–H and O–H groups in total. The number of amidine groups is 1. The van der Waals surface area contributed by atoms with Crippen molar-refractivity contribution in [3.8, 4) is 0 Å². The molecule has 0 unspecified atom stereocenters. The first-order valence-corrected chi connectivity index (χ1v) is 6.78. The summed E-state index contributed by atoms with van der Waals surface area (Å²) in [6.07, 6.45) is 0. The molecule has 0 spiro atoms. The first-order valence-electron chi connectivity index (χ1n) is 6.78. The van der Waals surface area contributed by atoms with Gasteiger partial charge in [-0.25, -0.2) is 4.99 Å². The van der Waals surface area contributed by atoms with Crippen molar-refractivity contribution in [1.29, 1.82) is 0 Å². The van der Waals surface area contributed by atoms with Gasteiger partial charge in [-0.15, -0.1) is 10.3 Å². The molecule has 21 heavy (non-hydrogen) atoms. The van der Waals surface area contributed by atoms with Gasteiger partial charge in [-0.3, -0.25) is 4.79 Å². The Morgan fingerprint density at radius 2 is 1.81 bits per heavy atom. The lowest BCUT2D eigenvalue weighted by molar-refractivity contribution is -0.241. The van der Waals surface area contributed by atoms with Crippen LogP contribution in [0.5, 0.6) is 0 Å². The van der Waals surface area contributed by atoms with E-state index >= 15 is 0 Å². The molecular weight excluding hydrogens is 270 g/mol. The molecular formula is C15H20N3O3. The Hall–Kier alpha value is -1.92. The van der Waals surface area contributed by atoms with Crippen LogP contribution in [0.25, 0.3) is 0 Å². The van der Waals surface area contributed by atoms with Gasteiger partial charge in [0.15, 0.2) is 0 Å². The maximum Gasteiger partial charge on any atom is 0.323 e. The average Bonchev–Trinajstić information content (AvgIpc) is 2.57. The summed E-state index contributed by atoms with van der Waals surface area (Å²) in [6.45, 7) is 6.71. The molecule has 1 aromatic carbocycles. The Labute approximate surface area is 124 Å². The lowest BCUT2D eigenvalue weighted by Crippen LogP contribution is -2.54. The molecule has 1 radical (unpaired) electrons. The van der Waals surface area contributed by atoms with Crippen molar-refractivity contribution in [3.63, 3.8) is 0 Å². The predicted octanol–water partition coefficient (Wildman–Crippen LogP) is 2.15. The van der Waals surface area contributed by atoms with Crippen LogP contribution in [0.1, 0.15) is 27.7 Å². The van der Waals surface area contributed by atoms with Crippen LogP contribution in [-0.2, 0) is 10.0 Å². The molecule has 0 saturated carbocycles. The van der Waals surface area contributed by atoms with Crippen LogP contribution in [0.2, 0.25) is 0 Å². The second-order valence-electron chi connectivity index (χ2n) is 6.10. The Balaban J connectivity index is 2.49. The summed E-state index contributed by atoms with van der Waals surface area (Å²) in [6, 6.07) is 9.12. The summed E-state index contributed by atoms with van der Waals surface area (Å²) in [5.41, 5.74) is -1.10. The molecule has 0 aliphatic carbocycles. The van der Waals surface area contributed by atoms with Gasteiger partial charge in [-0.05, 0) is 39.8 Å². The highest BCUT2D eigenvalue weighted by Crippen LogP contribution is 2.36. The molecule has 0 fully saturated rings. The molecule has 6 nitrogen and oxygen atoms in total. The van der Waals surface area contributed by atoms with Gasteiger partial charge < -0.3 is 10.0 Å². The smallest absolute Gasteiger partial charge is 0.323 e. The third kappa shape index (κ3) is 2.77. The fourth-order valence-corrected chi connectivity index (χ4v) is 2.64. The number of rotatable bonds is 3. The monoisotopic (exact) mass is 290 g/mol. The van der Waals surface area contributed by atoms with Crippen molar-refractivity contribution >= 4 is 17.5 Å². The van der Waals surface area contributed by atoms with E-state index in [-0.39, 0.29) is 6.54 Å². The summed E-state index contributed by atoms with van der Waals surface area (Å²) in [7, 11) is 0. The highest BCUT2D eigenvalue weighted by Gasteiger charge is 2.50. The number of carboxylic acids is 1. The normalized spacial score (nSPS) is 20.1. The number of nitrogens with zero attached hydrogens (tertiary/aromatic N) is 3.